The van der Waals surface area contributed by atoms with E-state index in [1.54, 1.807) is 12.1 Å². The maximum absolute atomic E-state index is 13.6. The van der Waals surface area contributed by atoms with Crippen molar-refractivity contribution >= 4 is 18.2 Å². The molecule has 1 fully saturated rings. The fourth-order valence-electron chi connectivity index (χ4n) is 3.16. The first-order valence-electron chi connectivity index (χ1n) is 6.79. The fourth-order valence-corrected chi connectivity index (χ4v) is 3.16. The molecule has 1 aromatic rings. The molecule has 4 heteroatoms. The molecule has 104 valence electrons. The number of nitrogens with zero attached hydrogens (tertiary/aromatic N) is 1. The van der Waals surface area contributed by atoms with E-state index in [0.717, 1.165) is 26.1 Å². The van der Waals surface area contributed by atoms with Gasteiger partial charge in [0.25, 0.3) is 0 Å². The second-order valence-corrected chi connectivity index (χ2v) is 5.37. The zero-order valence-electron chi connectivity index (χ0n) is 10.9. The van der Waals surface area contributed by atoms with Crippen LogP contribution in [0.5, 0.6) is 0 Å². The molecule has 1 aromatic carbocycles. The summed E-state index contributed by atoms with van der Waals surface area (Å²) >= 11 is 0. The van der Waals surface area contributed by atoms with Gasteiger partial charge >= 0.3 is 0 Å². The number of ketones is 1. The quantitative estimate of drug-likeness (QED) is 0.831. The molecule has 2 nitrogen and oxygen atoms in total. The first-order valence-corrected chi connectivity index (χ1v) is 6.79. The molecule has 1 heterocycles. The molecule has 19 heavy (non-hydrogen) atoms. The monoisotopic (exact) mass is 283 g/mol. The zero-order chi connectivity index (χ0) is 12.5. The molecule has 1 unspecified atom stereocenters. The van der Waals surface area contributed by atoms with Crippen LogP contribution in [0.25, 0.3) is 0 Å². The molecule has 0 spiro atoms. The topological polar surface area (TPSA) is 20.3 Å². The molecule has 1 aliphatic carbocycles. The summed E-state index contributed by atoms with van der Waals surface area (Å²) in [7, 11) is 0. The Morgan fingerprint density at radius 2 is 2.00 bits per heavy atom. The summed E-state index contributed by atoms with van der Waals surface area (Å²) in [5, 5.41) is 0. The van der Waals surface area contributed by atoms with E-state index in [4.69, 9.17) is 0 Å². The SMILES string of the molecule is Cl.O=C1c2cccc(F)c2CCC1CN1CCCC1. The Balaban J connectivity index is 0.00000133. The van der Waals surface area contributed by atoms with Gasteiger partial charge in [-0.25, -0.2) is 4.39 Å². The van der Waals surface area contributed by atoms with E-state index in [-0.39, 0.29) is 29.9 Å². The van der Waals surface area contributed by atoms with Gasteiger partial charge in [0.05, 0.1) is 0 Å². The highest BCUT2D eigenvalue weighted by atomic mass is 35.5. The number of benzene rings is 1. The minimum absolute atomic E-state index is 0. The van der Waals surface area contributed by atoms with Crippen LogP contribution >= 0.6 is 12.4 Å². The van der Waals surface area contributed by atoms with Crippen molar-refractivity contribution in [3.05, 3.63) is 35.1 Å². The van der Waals surface area contributed by atoms with Gasteiger partial charge in [0, 0.05) is 18.0 Å². The second-order valence-electron chi connectivity index (χ2n) is 5.37. The van der Waals surface area contributed by atoms with E-state index in [9.17, 15) is 9.18 Å². The predicted molar refractivity (Wildman–Crippen MR) is 75.5 cm³/mol. The van der Waals surface area contributed by atoms with Crippen LogP contribution in [0.3, 0.4) is 0 Å². The van der Waals surface area contributed by atoms with Gasteiger partial charge in [-0.2, -0.15) is 0 Å². The number of rotatable bonds is 2. The van der Waals surface area contributed by atoms with Gasteiger partial charge < -0.3 is 4.90 Å². The summed E-state index contributed by atoms with van der Waals surface area (Å²) in [6.45, 7) is 3.08. The highest BCUT2D eigenvalue weighted by molar-refractivity contribution is 6.00. The minimum Gasteiger partial charge on any atom is -0.303 e. The molecule has 0 amide bonds. The van der Waals surface area contributed by atoms with Crippen LogP contribution in [0, 0.1) is 11.7 Å². The molecule has 0 bridgehead atoms. The Hall–Kier alpha value is -0.930. The van der Waals surface area contributed by atoms with Gasteiger partial charge in [0.1, 0.15) is 5.82 Å². The third-order valence-corrected chi connectivity index (χ3v) is 4.18. The second kappa shape index (κ2) is 6.02. The van der Waals surface area contributed by atoms with Crippen molar-refractivity contribution in [3.63, 3.8) is 0 Å². The van der Waals surface area contributed by atoms with E-state index in [1.807, 2.05) is 0 Å². The molecule has 1 aliphatic heterocycles. The predicted octanol–water partition coefficient (Wildman–Crippen LogP) is 3.09. The first-order chi connectivity index (χ1) is 8.75. The van der Waals surface area contributed by atoms with Crippen LogP contribution in [0.15, 0.2) is 18.2 Å². The summed E-state index contributed by atoms with van der Waals surface area (Å²) in [5.41, 5.74) is 1.24. The Bertz CT molecular complexity index is 471. The number of likely N-dealkylation sites (tertiary alicyclic amines) is 1. The van der Waals surface area contributed by atoms with Crippen LogP contribution in [0.2, 0.25) is 0 Å². The van der Waals surface area contributed by atoms with Gasteiger partial charge in [-0.15, -0.1) is 12.4 Å². The zero-order valence-corrected chi connectivity index (χ0v) is 11.7. The Morgan fingerprint density at radius 3 is 2.74 bits per heavy atom. The molecule has 0 aromatic heterocycles. The van der Waals surface area contributed by atoms with Crippen molar-refractivity contribution in [2.45, 2.75) is 25.7 Å². The third-order valence-electron chi connectivity index (χ3n) is 4.18. The fraction of sp³-hybridized carbons (Fsp3) is 0.533. The maximum Gasteiger partial charge on any atom is 0.167 e. The number of halogens is 2. The van der Waals surface area contributed by atoms with Crippen molar-refractivity contribution < 1.29 is 9.18 Å². The molecule has 3 rings (SSSR count). The van der Waals surface area contributed by atoms with Gasteiger partial charge in [0.15, 0.2) is 5.78 Å². The van der Waals surface area contributed by atoms with Crippen molar-refractivity contribution in [2.75, 3.05) is 19.6 Å². The number of hydrogen-bond acceptors (Lipinski definition) is 2. The highest BCUT2D eigenvalue weighted by Gasteiger charge is 2.30. The Labute approximate surface area is 119 Å². The van der Waals surface area contributed by atoms with Gasteiger partial charge in [-0.3, -0.25) is 4.79 Å². The number of hydrogen-bond donors (Lipinski definition) is 0. The molecular formula is C15H19ClFNO. The van der Waals surface area contributed by atoms with E-state index < -0.39 is 0 Å². The lowest BCUT2D eigenvalue weighted by molar-refractivity contribution is 0.0867. The van der Waals surface area contributed by atoms with Gasteiger partial charge in [0.2, 0.25) is 0 Å². The highest BCUT2D eigenvalue weighted by Crippen LogP contribution is 2.28. The molecular weight excluding hydrogens is 265 g/mol. The number of fused-ring (bicyclic) bond motifs is 1. The number of Topliss-reactive ketones (excluding diaryl/α,β-unsaturated/α-hetero) is 1. The Kier molecular flexibility index (Phi) is 4.58. The average molecular weight is 284 g/mol. The summed E-state index contributed by atoms with van der Waals surface area (Å²) in [4.78, 5) is 14.7. The smallest absolute Gasteiger partial charge is 0.167 e. The summed E-state index contributed by atoms with van der Waals surface area (Å²) in [6, 6.07) is 4.87. The average Bonchev–Trinajstić information content (AvgIpc) is 2.86. The molecule has 0 radical (unpaired) electrons. The van der Waals surface area contributed by atoms with Crippen molar-refractivity contribution in [1.29, 1.82) is 0 Å². The first kappa shape index (κ1) is 14.5. The molecule has 1 saturated heterocycles. The van der Waals surface area contributed by atoms with Crippen LogP contribution in [-0.2, 0) is 6.42 Å². The largest absolute Gasteiger partial charge is 0.303 e. The van der Waals surface area contributed by atoms with E-state index in [2.05, 4.69) is 4.90 Å². The van der Waals surface area contributed by atoms with Crippen LogP contribution in [0.1, 0.15) is 35.2 Å². The lowest BCUT2D eigenvalue weighted by Crippen LogP contribution is -2.34. The number of carbonyl (C=O) groups excluding carboxylic acids is 1. The molecule has 2 aliphatic rings. The van der Waals surface area contributed by atoms with E-state index in [0.29, 0.717) is 17.5 Å². The summed E-state index contributed by atoms with van der Waals surface area (Å²) in [5.74, 6) is -0.0134. The van der Waals surface area contributed by atoms with Crippen molar-refractivity contribution in [1.82, 2.24) is 4.90 Å². The maximum atomic E-state index is 13.6. The summed E-state index contributed by atoms with van der Waals surface area (Å²) < 4.78 is 13.6. The molecule has 1 atom stereocenters. The normalized spacial score (nSPS) is 23.0. The van der Waals surface area contributed by atoms with Gasteiger partial charge in [-0.05, 0) is 50.4 Å². The van der Waals surface area contributed by atoms with Crippen molar-refractivity contribution in [2.24, 2.45) is 5.92 Å². The van der Waals surface area contributed by atoms with Crippen LogP contribution in [-0.4, -0.2) is 30.3 Å². The number of carbonyl (C=O) groups is 1. The Morgan fingerprint density at radius 1 is 1.26 bits per heavy atom. The summed E-state index contributed by atoms with van der Waals surface area (Å²) in [6.07, 6.45) is 3.98. The van der Waals surface area contributed by atoms with Crippen LogP contribution < -0.4 is 0 Å². The lowest BCUT2D eigenvalue weighted by Gasteiger charge is -2.27. The third kappa shape index (κ3) is 2.82. The van der Waals surface area contributed by atoms with Gasteiger partial charge in [-0.1, -0.05) is 12.1 Å². The molecule has 0 N–H and O–H groups in total. The lowest BCUT2D eigenvalue weighted by atomic mass is 9.82. The minimum atomic E-state index is -0.222. The van der Waals surface area contributed by atoms with E-state index in [1.165, 1.54) is 18.9 Å². The van der Waals surface area contributed by atoms with Crippen molar-refractivity contribution in [3.8, 4) is 0 Å². The molecule has 0 saturated carbocycles. The standard InChI is InChI=1S/C15H18FNO.ClH/c16-14-5-3-4-13-12(14)7-6-11(15(13)18)10-17-8-1-2-9-17;/h3-5,11H,1-2,6-10H2;1H. The van der Waals surface area contributed by atoms with E-state index >= 15 is 0 Å². The van der Waals surface area contributed by atoms with Crippen LogP contribution in [0.4, 0.5) is 4.39 Å².